The average molecular weight is 463 g/mol. The standard InChI is InChI=1S/C25H26N4O3S/c1-16(2)13-22-28-29-23(26)21(24(30)27-25(29)33-22)15-18-7-9-19(10-8-18)31-11-12-32-20-6-4-5-17(3)14-20/h4-10,14-16,26H,11-13H2,1-3H3/b21-15-,26-23?. The number of hydrogen-bond donors (Lipinski definition) is 1. The van der Waals surface area contributed by atoms with Crippen molar-refractivity contribution in [2.45, 2.75) is 27.2 Å². The molecule has 0 bridgehead atoms. The zero-order valence-electron chi connectivity index (χ0n) is 18.9. The topological polar surface area (TPSA) is 87.3 Å². The second kappa shape index (κ2) is 10.0. The Kier molecular flexibility index (Phi) is 6.93. The summed E-state index contributed by atoms with van der Waals surface area (Å²) in [4.78, 5) is 16.7. The lowest BCUT2D eigenvalue weighted by atomic mass is 10.1. The minimum atomic E-state index is -0.423. The van der Waals surface area contributed by atoms with E-state index in [0.29, 0.717) is 30.0 Å². The van der Waals surface area contributed by atoms with Gasteiger partial charge in [0.15, 0.2) is 5.84 Å². The lowest BCUT2D eigenvalue weighted by Gasteiger charge is -2.20. The Labute approximate surface area is 197 Å². The van der Waals surface area contributed by atoms with Crippen LogP contribution in [-0.2, 0) is 4.79 Å². The van der Waals surface area contributed by atoms with Crippen LogP contribution in [-0.4, -0.2) is 40.2 Å². The summed E-state index contributed by atoms with van der Waals surface area (Å²) in [6.45, 7) is 7.09. The molecule has 33 heavy (non-hydrogen) atoms. The molecule has 0 aromatic heterocycles. The molecule has 1 amide bonds. The van der Waals surface area contributed by atoms with E-state index in [4.69, 9.17) is 14.9 Å². The molecular formula is C25H26N4O3S. The summed E-state index contributed by atoms with van der Waals surface area (Å²) in [5.41, 5.74) is 2.15. The quantitative estimate of drug-likeness (QED) is 0.435. The van der Waals surface area contributed by atoms with Crippen LogP contribution in [0.15, 0.2) is 64.2 Å². The van der Waals surface area contributed by atoms with Crippen LogP contribution in [0.1, 0.15) is 31.4 Å². The van der Waals surface area contributed by atoms with Crippen LogP contribution in [0.2, 0.25) is 0 Å². The van der Waals surface area contributed by atoms with Gasteiger partial charge in [0.05, 0.1) is 5.57 Å². The Morgan fingerprint density at radius 3 is 2.52 bits per heavy atom. The van der Waals surface area contributed by atoms with Crippen LogP contribution in [0.5, 0.6) is 11.5 Å². The Morgan fingerprint density at radius 2 is 1.82 bits per heavy atom. The smallest absolute Gasteiger partial charge is 0.283 e. The van der Waals surface area contributed by atoms with Gasteiger partial charge >= 0.3 is 0 Å². The van der Waals surface area contributed by atoms with Crippen LogP contribution in [0.4, 0.5) is 0 Å². The predicted molar refractivity (Wildman–Crippen MR) is 133 cm³/mol. The second-order valence-corrected chi connectivity index (χ2v) is 9.23. The number of hydrogen-bond acceptors (Lipinski definition) is 6. The first kappa shape index (κ1) is 22.8. The van der Waals surface area contributed by atoms with Gasteiger partial charge in [-0.3, -0.25) is 10.2 Å². The number of ether oxygens (including phenoxy) is 2. The van der Waals surface area contributed by atoms with Gasteiger partial charge in [-0.05, 0) is 66.1 Å². The normalized spacial score (nSPS) is 16.7. The number of aliphatic imine (C=N–C) groups is 1. The summed E-state index contributed by atoms with van der Waals surface area (Å²) in [6, 6.07) is 15.2. The van der Waals surface area contributed by atoms with E-state index in [-0.39, 0.29) is 11.4 Å². The molecule has 0 aliphatic carbocycles. The van der Waals surface area contributed by atoms with Crippen LogP contribution in [0.3, 0.4) is 0 Å². The Balaban J connectivity index is 1.36. The fourth-order valence-corrected chi connectivity index (χ4v) is 4.41. The maximum atomic E-state index is 12.5. The molecule has 2 aliphatic rings. The highest BCUT2D eigenvalue weighted by molar-refractivity contribution is 8.26. The SMILES string of the molecule is Cc1cccc(OCCOc2ccc(/C=C3/C(=N)N4N=C(CC(C)C)SC4=NC3=O)cc2)c1. The third-order valence-electron chi connectivity index (χ3n) is 4.88. The van der Waals surface area contributed by atoms with Gasteiger partial charge in [-0.25, -0.2) is 0 Å². The number of benzene rings is 2. The number of amides is 1. The maximum Gasteiger partial charge on any atom is 0.283 e. The predicted octanol–water partition coefficient (Wildman–Crippen LogP) is 5.12. The van der Waals surface area contributed by atoms with E-state index in [0.717, 1.165) is 28.3 Å². The van der Waals surface area contributed by atoms with Crippen molar-refractivity contribution < 1.29 is 14.3 Å². The molecule has 0 unspecified atom stereocenters. The van der Waals surface area contributed by atoms with Gasteiger partial charge < -0.3 is 9.47 Å². The zero-order chi connectivity index (χ0) is 23.4. The molecule has 2 aromatic carbocycles. The van der Waals surface area contributed by atoms with E-state index in [9.17, 15) is 4.79 Å². The minimum absolute atomic E-state index is 0.0462. The number of fused-ring (bicyclic) bond motifs is 1. The molecule has 1 N–H and O–H groups in total. The number of amidine groups is 2. The molecule has 0 saturated heterocycles. The van der Waals surface area contributed by atoms with Crippen LogP contribution >= 0.6 is 11.8 Å². The molecule has 7 nitrogen and oxygen atoms in total. The number of hydrazone groups is 1. The number of rotatable bonds is 8. The Bertz CT molecular complexity index is 1150. The van der Waals surface area contributed by atoms with Gasteiger partial charge in [-0.15, -0.1) is 0 Å². The molecule has 0 saturated carbocycles. The third kappa shape index (κ3) is 5.70. The Hall–Kier alpha value is -3.39. The summed E-state index contributed by atoms with van der Waals surface area (Å²) in [5.74, 6) is 1.59. The number of nitrogens with zero attached hydrogens (tertiary/aromatic N) is 3. The fourth-order valence-electron chi connectivity index (χ4n) is 3.31. The van der Waals surface area contributed by atoms with Crippen molar-refractivity contribution >= 4 is 39.8 Å². The van der Waals surface area contributed by atoms with Crippen molar-refractivity contribution in [3.8, 4) is 11.5 Å². The van der Waals surface area contributed by atoms with Gasteiger partial charge in [0.2, 0.25) is 5.17 Å². The van der Waals surface area contributed by atoms with Gasteiger partial charge in [0.25, 0.3) is 5.91 Å². The number of carbonyl (C=O) groups excluding carboxylic acids is 1. The molecule has 2 aliphatic heterocycles. The van der Waals surface area contributed by atoms with Crippen molar-refractivity contribution in [3.63, 3.8) is 0 Å². The number of nitrogens with one attached hydrogen (secondary N) is 1. The van der Waals surface area contributed by atoms with Gasteiger partial charge in [0.1, 0.15) is 29.8 Å². The second-order valence-electron chi connectivity index (χ2n) is 8.19. The summed E-state index contributed by atoms with van der Waals surface area (Å²) in [5, 5.41) is 15.7. The van der Waals surface area contributed by atoms with Crippen LogP contribution in [0, 0.1) is 18.3 Å². The highest BCUT2D eigenvalue weighted by Gasteiger charge is 2.35. The third-order valence-corrected chi connectivity index (χ3v) is 5.81. The van der Waals surface area contributed by atoms with E-state index < -0.39 is 5.91 Å². The number of thioether (sulfide) groups is 1. The molecule has 0 spiro atoms. The summed E-state index contributed by atoms with van der Waals surface area (Å²) in [6.07, 6.45) is 2.45. The number of carbonyl (C=O) groups is 1. The van der Waals surface area contributed by atoms with Crippen molar-refractivity contribution in [3.05, 3.63) is 65.2 Å². The first-order valence-corrected chi connectivity index (χ1v) is 11.6. The zero-order valence-corrected chi connectivity index (χ0v) is 19.7. The van der Waals surface area contributed by atoms with E-state index in [1.807, 2.05) is 55.5 Å². The average Bonchev–Trinajstić information content (AvgIpc) is 3.17. The van der Waals surface area contributed by atoms with Crippen molar-refractivity contribution in [1.29, 1.82) is 5.41 Å². The van der Waals surface area contributed by atoms with Crippen LogP contribution < -0.4 is 9.47 Å². The van der Waals surface area contributed by atoms with Gasteiger partial charge in [-0.1, -0.05) is 38.1 Å². The van der Waals surface area contributed by atoms with E-state index in [1.165, 1.54) is 16.8 Å². The Morgan fingerprint density at radius 1 is 1.09 bits per heavy atom. The van der Waals surface area contributed by atoms with Crippen molar-refractivity contribution in [2.24, 2.45) is 16.0 Å². The lowest BCUT2D eigenvalue weighted by molar-refractivity contribution is -0.114. The highest BCUT2D eigenvalue weighted by Crippen LogP contribution is 2.30. The first-order valence-electron chi connectivity index (χ1n) is 10.8. The summed E-state index contributed by atoms with van der Waals surface area (Å²) in [7, 11) is 0. The number of aryl methyl sites for hydroxylation is 1. The van der Waals surface area contributed by atoms with Gasteiger partial charge in [0, 0.05) is 6.42 Å². The van der Waals surface area contributed by atoms with Crippen molar-refractivity contribution in [2.75, 3.05) is 13.2 Å². The fraction of sp³-hybridized carbons (Fsp3) is 0.280. The van der Waals surface area contributed by atoms with Crippen molar-refractivity contribution in [1.82, 2.24) is 5.01 Å². The molecule has 4 rings (SSSR count). The molecule has 2 heterocycles. The molecular weight excluding hydrogens is 436 g/mol. The van der Waals surface area contributed by atoms with Gasteiger partial charge in [-0.2, -0.15) is 15.1 Å². The monoisotopic (exact) mass is 462 g/mol. The minimum Gasteiger partial charge on any atom is -0.490 e. The first-order chi connectivity index (χ1) is 15.9. The largest absolute Gasteiger partial charge is 0.490 e. The van der Waals surface area contributed by atoms with E-state index in [2.05, 4.69) is 23.9 Å². The molecule has 0 atom stereocenters. The lowest BCUT2D eigenvalue weighted by Crippen LogP contribution is -2.35. The molecule has 0 radical (unpaired) electrons. The van der Waals surface area contributed by atoms with E-state index >= 15 is 0 Å². The van der Waals surface area contributed by atoms with Crippen LogP contribution in [0.25, 0.3) is 6.08 Å². The summed E-state index contributed by atoms with van der Waals surface area (Å²) < 4.78 is 11.4. The molecule has 0 fully saturated rings. The molecule has 170 valence electrons. The summed E-state index contributed by atoms with van der Waals surface area (Å²) >= 11 is 1.36. The molecule has 8 heteroatoms. The highest BCUT2D eigenvalue weighted by atomic mass is 32.2. The molecule has 2 aromatic rings. The maximum absolute atomic E-state index is 12.5. The van der Waals surface area contributed by atoms with E-state index in [1.54, 1.807) is 6.08 Å².